The molecule has 23 heavy (non-hydrogen) atoms. The SMILES string of the molecule is CCCS(=O)(=O)Nc1ccc(C(=O)NC2(C)CCOC2C)cc1. The molecule has 0 aliphatic carbocycles. The lowest BCUT2D eigenvalue weighted by Gasteiger charge is -2.28. The molecule has 2 atom stereocenters. The molecule has 1 fully saturated rings. The summed E-state index contributed by atoms with van der Waals surface area (Å²) in [6.45, 7) is 6.35. The summed E-state index contributed by atoms with van der Waals surface area (Å²) in [5.41, 5.74) is 0.570. The summed E-state index contributed by atoms with van der Waals surface area (Å²) < 4.78 is 31.4. The second-order valence-electron chi connectivity index (χ2n) is 6.13. The fraction of sp³-hybridized carbons (Fsp3) is 0.562. The van der Waals surface area contributed by atoms with Crippen molar-refractivity contribution >= 4 is 21.6 Å². The molecular formula is C16H24N2O4S. The molecule has 1 aromatic carbocycles. The van der Waals surface area contributed by atoms with Crippen LogP contribution in [0, 0.1) is 0 Å². The average Bonchev–Trinajstić information content (AvgIpc) is 2.78. The average molecular weight is 340 g/mol. The molecular weight excluding hydrogens is 316 g/mol. The predicted octanol–water partition coefficient (Wildman–Crippen LogP) is 2.14. The summed E-state index contributed by atoms with van der Waals surface area (Å²) >= 11 is 0. The first kappa shape index (κ1) is 17.7. The largest absolute Gasteiger partial charge is 0.376 e. The topological polar surface area (TPSA) is 84.5 Å². The lowest BCUT2D eigenvalue weighted by Crippen LogP contribution is -2.50. The van der Waals surface area contributed by atoms with Crippen LogP contribution in [-0.2, 0) is 14.8 Å². The van der Waals surface area contributed by atoms with Crippen LogP contribution >= 0.6 is 0 Å². The number of sulfonamides is 1. The monoisotopic (exact) mass is 340 g/mol. The summed E-state index contributed by atoms with van der Waals surface area (Å²) in [6.07, 6.45) is 1.29. The molecule has 0 bridgehead atoms. The number of benzene rings is 1. The van der Waals surface area contributed by atoms with Gasteiger partial charge in [0.25, 0.3) is 5.91 Å². The fourth-order valence-electron chi connectivity index (χ4n) is 2.52. The third kappa shape index (κ3) is 4.45. The van der Waals surface area contributed by atoms with E-state index in [0.717, 1.165) is 6.42 Å². The van der Waals surface area contributed by atoms with E-state index in [1.54, 1.807) is 31.2 Å². The number of amides is 1. The molecule has 1 aliphatic rings. The smallest absolute Gasteiger partial charge is 0.251 e. The molecule has 0 spiro atoms. The highest BCUT2D eigenvalue weighted by Gasteiger charge is 2.38. The Bertz CT molecular complexity index is 657. The quantitative estimate of drug-likeness (QED) is 0.831. The molecule has 6 nitrogen and oxygen atoms in total. The lowest BCUT2D eigenvalue weighted by atomic mass is 9.94. The minimum Gasteiger partial charge on any atom is -0.376 e. The van der Waals surface area contributed by atoms with Crippen molar-refractivity contribution in [3.63, 3.8) is 0 Å². The first-order valence-corrected chi connectivity index (χ1v) is 9.45. The number of rotatable bonds is 6. The number of hydrogen-bond acceptors (Lipinski definition) is 4. The van der Waals surface area contributed by atoms with Gasteiger partial charge in [0.15, 0.2) is 0 Å². The van der Waals surface area contributed by atoms with Crippen molar-refractivity contribution in [1.29, 1.82) is 0 Å². The molecule has 1 saturated heterocycles. The zero-order valence-electron chi connectivity index (χ0n) is 13.8. The third-order valence-corrected chi connectivity index (χ3v) is 5.67. The van der Waals surface area contributed by atoms with Crippen molar-refractivity contribution in [3.8, 4) is 0 Å². The van der Waals surface area contributed by atoms with Crippen LogP contribution in [0.5, 0.6) is 0 Å². The maximum absolute atomic E-state index is 12.3. The van der Waals surface area contributed by atoms with Crippen LogP contribution in [0.1, 0.15) is 44.0 Å². The summed E-state index contributed by atoms with van der Waals surface area (Å²) in [4.78, 5) is 12.3. The zero-order chi connectivity index (χ0) is 17.1. The summed E-state index contributed by atoms with van der Waals surface area (Å²) in [5.74, 6) is -0.112. The molecule has 1 aliphatic heterocycles. The number of hydrogen-bond donors (Lipinski definition) is 2. The van der Waals surface area contributed by atoms with E-state index >= 15 is 0 Å². The standard InChI is InChI=1S/C16H24N2O4S/c1-4-11-23(20,21)18-14-7-5-13(6-8-14)15(19)17-16(3)9-10-22-12(16)2/h5-8,12,18H,4,9-11H2,1-3H3,(H,17,19). The van der Waals surface area contributed by atoms with Crippen molar-refractivity contribution in [2.45, 2.75) is 45.3 Å². The Balaban J connectivity index is 2.03. The van der Waals surface area contributed by atoms with Gasteiger partial charge in [-0.1, -0.05) is 6.92 Å². The number of anilines is 1. The predicted molar refractivity (Wildman–Crippen MR) is 90.0 cm³/mol. The molecule has 128 valence electrons. The van der Waals surface area contributed by atoms with Gasteiger partial charge in [0.05, 0.1) is 17.4 Å². The first-order valence-electron chi connectivity index (χ1n) is 7.80. The Kier molecular flexibility index (Phi) is 5.31. The van der Waals surface area contributed by atoms with Crippen molar-refractivity contribution in [1.82, 2.24) is 5.32 Å². The molecule has 0 saturated carbocycles. The molecule has 1 amide bonds. The first-order chi connectivity index (χ1) is 10.8. The van der Waals surface area contributed by atoms with E-state index in [1.165, 1.54) is 0 Å². The minimum atomic E-state index is -3.32. The Hall–Kier alpha value is -1.60. The van der Waals surface area contributed by atoms with Gasteiger partial charge in [-0.05, 0) is 51.0 Å². The van der Waals surface area contributed by atoms with Crippen LogP contribution in [0.2, 0.25) is 0 Å². The van der Waals surface area contributed by atoms with E-state index in [4.69, 9.17) is 4.74 Å². The van der Waals surface area contributed by atoms with Gasteiger partial charge in [-0.15, -0.1) is 0 Å². The second-order valence-corrected chi connectivity index (χ2v) is 7.97. The van der Waals surface area contributed by atoms with Gasteiger partial charge in [-0.25, -0.2) is 8.42 Å². The molecule has 1 heterocycles. The minimum absolute atomic E-state index is 0.0356. The van der Waals surface area contributed by atoms with Crippen molar-refractivity contribution < 1.29 is 17.9 Å². The van der Waals surface area contributed by atoms with E-state index in [9.17, 15) is 13.2 Å². The van der Waals surface area contributed by atoms with Crippen LogP contribution in [0.15, 0.2) is 24.3 Å². The molecule has 0 radical (unpaired) electrons. The van der Waals surface area contributed by atoms with Gasteiger partial charge in [0.1, 0.15) is 0 Å². The van der Waals surface area contributed by atoms with E-state index in [2.05, 4.69) is 10.0 Å². The summed E-state index contributed by atoms with van der Waals surface area (Å²) in [6, 6.07) is 6.42. The van der Waals surface area contributed by atoms with Crippen molar-refractivity contribution in [2.75, 3.05) is 17.1 Å². The fourth-order valence-corrected chi connectivity index (χ4v) is 3.65. The van der Waals surface area contributed by atoms with E-state index in [0.29, 0.717) is 24.3 Å². The maximum Gasteiger partial charge on any atom is 0.251 e. The normalized spacial score (nSPS) is 24.4. The molecule has 2 unspecified atom stereocenters. The lowest BCUT2D eigenvalue weighted by molar-refractivity contribution is 0.0727. The Morgan fingerprint density at radius 2 is 2.00 bits per heavy atom. The third-order valence-electron chi connectivity index (χ3n) is 4.18. The van der Waals surface area contributed by atoms with Gasteiger partial charge in [0.2, 0.25) is 10.0 Å². The number of nitrogens with one attached hydrogen (secondary N) is 2. The molecule has 2 N–H and O–H groups in total. The number of carbonyl (C=O) groups is 1. The Morgan fingerprint density at radius 3 is 2.52 bits per heavy atom. The van der Waals surface area contributed by atoms with Gasteiger partial charge in [-0.2, -0.15) is 0 Å². The summed E-state index contributed by atoms with van der Waals surface area (Å²) in [7, 11) is -3.32. The van der Waals surface area contributed by atoms with Gasteiger partial charge in [0, 0.05) is 17.9 Å². The molecule has 2 rings (SSSR count). The van der Waals surface area contributed by atoms with E-state index < -0.39 is 10.0 Å². The molecule has 0 aromatic heterocycles. The number of ether oxygens (including phenoxy) is 1. The van der Waals surface area contributed by atoms with Gasteiger partial charge in [-0.3, -0.25) is 9.52 Å². The number of carbonyl (C=O) groups excluding carboxylic acids is 1. The second kappa shape index (κ2) is 6.88. The molecule has 1 aromatic rings. The van der Waals surface area contributed by atoms with Crippen molar-refractivity contribution in [3.05, 3.63) is 29.8 Å². The van der Waals surface area contributed by atoms with E-state index in [-0.39, 0.29) is 23.3 Å². The highest BCUT2D eigenvalue weighted by Crippen LogP contribution is 2.25. The Morgan fingerprint density at radius 1 is 1.35 bits per heavy atom. The Labute approximate surface area is 137 Å². The summed E-state index contributed by atoms with van der Waals surface area (Å²) in [5, 5.41) is 3.01. The highest BCUT2D eigenvalue weighted by atomic mass is 32.2. The highest BCUT2D eigenvalue weighted by molar-refractivity contribution is 7.92. The van der Waals surface area contributed by atoms with Crippen LogP contribution in [0.25, 0.3) is 0 Å². The van der Waals surface area contributed by atoms with Crippen LogP contribution in [0.3, 0.4) is 0 Å². The molecule has 7 heteroatoms. The van der Waals surface area contributed by atoms with Crippen LogP contribution < -0.4 is 10.0 Å². The van der Waals surface area contributed by atoms with E-state index in [1.807, 2.05) is 13.8 Å². The maximum atomic E-state index is 12.3. The van der Waals surface area contributed by atoms with Gasteiger partial charge >= 0.3 is 0 Å². The van der Waals surface area contributed by atoms with Crippen LogP contribution in [0.4, 0.5) is 5.69 Å². The van der Waals surface area contributed by atoms with Gasteiger partial charge < -0.3 is 10.1 Å². The zero-order valence-corrected chi connectivity index (χ0v) is 14.6. The van der Waals surface area contributed by atoms with Crippen LogP contribution in [-0.4, -0.2) is 38.3 Å². The van der Waals surface area contributed by atoms with Crippen molar-refractivity contribution in [2.24, 2.45) is 0 Å².